The number of ketones is 1. The molecule has 0 aliphatic carbocycles. The van der Waals surface area contributed by atoms with Crippen LogP contribution in [0, 0.1) is 11.3 Å². The monoisotopic (exact) mass is 321 g/mol. The molecule has 5 nitrogen and oxygen atoms in total. The van der Waals surface area contributed by atoms with Crippen molar-refractivity contribution in [3.8, 4) is 11.8 Å². The third-order valence-electron chi connectivity index (χ3n) is 3.36. The Balaban J connectivity index is 1.86. The average molecular weight is 321 g/mol. The first kappa shape index (κ1) is 17.2. The van der Waals surface area contributed by atoms with Crippen LogP contribution in [0.2, 0.25) is 0 Å². The van der Waals surface area contributed by atoms with E-state index in [1.54, 1.807) is 6.21 Å². The fourth-order valence-electron chi connectivity index (χ4n) is 1.96. The first-order valence-corrected chi connectivity index (χ1v) is 7.62. The lowest BCUT2D eigenvalue weighted by molar-refractivity contribution is -0.118. The molecule has 0 saturated carbocycles. The molecule has 2 aromatic rings. The fourth-order valence-corrected chi connectivity index (χ4v) is 1.96. The van der Waals surface area contributed by atoms with Crippen molar-refractivity contribution in [3.63, 3.8) is 0 Å². The van der Waals surface area contributed by atoms with Crippen molar-refractivity contribution in [1.82, 2.24) is 5.43 Å². The lowest BCUT2D eigenvalue weighted by Crippen LogP contribution is -2.31. The Morgan fingerprint density at radius 1 is 1.25 bits per heavy atom. The summed E-state index contributed by atoms with van der Waals surface area (Å²) in [7, 11) is 0. The largest absolute Gasteiger partial charge is 0.489 e. The summed E-state index contributed by atoms with van der Waals surface area (Å²) in [6, 6.07) is 18.8. The van der Waals surface area contributed by atoms with Crippen LogP contribution < -0.4 is 10.2 Å². The molecule has 0 heterocycles. The zero-order valence-corrected chi connectivity index (χ0v) is 13.5. The molecule has 122 valence electrons. The van der Waals surface area contributed by atoms with Crippen molar-refractivity contribution < 1.29 is 9.53 Å². The second-order valence-electron chi connectivity index (χ2n) is 5.26. The number of nitrogens with one attached hydrogen (secondary N) is 1. The number of carbonyl (C=O) groups excluding carboxylic acids is 1. The van der Waals surface area contributed by atoms with Crippen LogP contribution in [0.25, 0.3) is 0 Å². The number of hydrazone groups is 1. The highest BCUT2D eigenvalue weighted by atomic mass is 16.5. The van der Waals surface area contributed by atoms with Gasteiger partial charge in [0.2, 0.25) is 0 Å². The van der Waals surface area contributed by atoms with Crippen molar-refractivity contribution in [3.05, 3.63) is 65.7 Å². The Bertz CT molecular complexity index is 719. The molecule has 1 atom stereocenters. The van der Waals surface area contributed by atoms with E-state index < -0.39 is 6.04 Å². The molecule has 0 fully saturated rings. The van der Waals surface area contributed by atoms with Crippen molar-refractivity contribution in [2.45, 2.75) is 26.0 Å². The van der Waals surface area contributed by atoms with Gasteiger partial charge < -0.3 is 4.74 Å². The highest BCUT2D eigenvalue weighted by Crippen LogP contribution is 2.13. The van der Waals surface area contributed by atoms with Gasteiger partial charge in [-0.1, -0.05) is 30.3 Å². The van der Waals surface area contributed by atoms with E-state index in [1.807, 2.05) is 60.7 Å². The van der Waals surface area contributed by atoms with Crippen LogP contribution >= 0.6 is 0 Å². The van der Waals surface area contributed by atoms with Crippen LogP contribution in [0.15, 0.2) is 59.7 Å². The predicted octanol–water partition coefficient (Wildman–Crippen LogP) is 3.06. The van der Waals surface area contributed by atoms with Gasteiger partial charge in [0, 0.05) is 0 Å². The van der Waals surface area contributed by atoms with Crippen molar-refractivity contribution in [1.29, 1.82) is 5.26 Å². The molecule has 0 aliphatic rings. The molecule has 2 aromatic carbocycles. The van der Waals surface area contributed by atoms with Gasteiger partial charge in [0.1, 0.15) is 18.4 Å². The molecule has 1 N–H and O–H groups in total. The van der Waals surface area contributed by atoms with Gasteiger partial charge in [-0.25, -0.2) is 0 Å². The maximum Gasteiger partial charge on any atom is 0.154 e. The Kier molecular flexibility index (Phi) is 6.54. The van der Waals surface area contributed by atoms with E-state index in [4.69, 9.17) is 10.00 Å². The molecule has 0 aromatic heterocycles. The zero-order chi connectivity index (χ0) is 17.2. The Morgan fingerprint density at radius 3 is 2.58 bits per heavy atom. The van der Waals surface area contributed by atoms with Crippen molar-refractivity contribution in [2.24, 2.45) is 5.10 Å². The normalized spacial score (nSPS) is 11.7. The summed E-state index contributed by atoms with van der Waals surface area (Å²) in [5, 5.41) is 12.7. The van der Waals surface area contributed by atoms with Gasteiger partial charge in [-0.15, -0.1) is 0 Å². The Hall–Kier alpha value is -3.13. The van der Waals surface area contributed by atoms with E-state index in [9.17, 15) is 4.79 Å². The molecule has 0 spiro atoms. The first-order valence-electron chi connectivity index (χ1n) is 7.62. The SMILES string of the molecule is CC(=O)C(CC#N)NN=Cc1ccc(OCc2ccccc2)cc1. The number of benzene rings is 2. The average Bonchev–Trinajstić information content (AvgIpc) is 2.61. The summed E-state index contributed by atoms with van der Waals surface area (Å²) in [5.41, 5.74) is 4.68. The summed E-state index contributed by atoms with van der Waals surface area (Å²) in [6.07, 6.45) is 1.70. The smallest absolute Gasteiger partial charge is 0.154 e. The molecule has 0 amide bonds. The minimum Gasteiger partial charge on any atom is -0.489 e. The first-order chi connectivity index (χ1) is 11.7. The number of Topliss-reactive ketones (excluding diaryl/α,β-unsaturated/α-hetero) is 1. The molecule has 2 rings (SSSR count). The van der Waals surface area contributed by atoms with Crippen molar-refractivity contribution >= 4 is 12.0 Å². The third-order valence-corrected chi connectivity index (χ3v) is 3.36. The van der Waals surface area contributed by atoms with E-state index in [-0.39, 0.29) is 12.2 Å². The molecule has 24 heavy (non-hydrogen) atoms. The quantitative estimate of drug-likeness (QED) is 0.599. The number of carbonyl (C=O) groups is 1. The van der Waals surface area contributed by atoms with E-state index in [2.05, 4.69) is 10.5 Å². The molecule has 1 unspecified atom stereocenters. The second kappa shape index (κ2) is 9.11. The van der Waals surface area contributed by atoms with Crippen LogP contribution in [-0.2, 0) is 11.4 Å². The number of nitrogens with zero attached hydrogens (tertiary/aromatic N) is 2. The summed E-state index contributed by atoms with van der Waals surface area (Å²) in [4.78, 5) is 11.3. The maximum atomic E-state index is 11.3. The Labute approximate surface area is 141 Å². The van der Waals surface area contributed by atoms with Gasteiger partial charge in [0.15, 0.2) is 5.78 Å². The second-order valence-corrected chi connectivity index (χ2v) is 5.26. The minimum absolute atomic E-state index is 0.0962. The highest BCUT2D eigenvalue weighted by molar-refractivity contribution is 5.82. The minimum atomic E-state index is -0.570. The topological polar surface area (TPSA) is 74.5 Å². The van der Waals surface area contributed by atoms with Crippen LogP contribution in [0.4, 0.5) is 0 Å². The predicted molar refractivity (Wildman–Crippen MR) is 92.6 cm³/mol. The highest BCUT2D eigenvalue weighted by Gasteiger charge is 2.11. The van der Waals surface area contributed by atoms with Gasteiger partial charge in [-0.3, -0.25) is 10.2 Å². The van der Waals surface area contributed by atoms with E-state index in [1.165, 1.54) is 6.92 Å². The molecule has 0 radical (unpaired) electrons. The van der Waals surface area contributed by atoms with Gasteiger partial charge in [0.05, 0.1) is 18.7 Å². The summed E-state index contributed by atoms with van der Waals surface area (Å²) in [6.45, 7) is 1.95. The molecule has 0 saturated heterocycles. The number of hydrogen-bond acceptors (Lipinski definition) is 5. The summed E-state index contributed by atoms with van der Waals surface area (Å²) >= 11 is 0. The van der Waals surface area contributed by atoms with E-state index in [0.717, 1.165) is 16.9 Å². The van der Waals surface area contributed by atoms with Gasteiger partial charge in [-0.2, -0.15) is 10.4 Å². The number of ether oxygens (including phenoxy) is 1. The number of nitriles is 1. The van der Waals surface area contributed by atoms with Gasteiger partial charge >= 0.3 is 0 Å². The number of hydrogen-bond donors (Lipinski definition) is 1. The number of rotatable bonds is 8. The molecule has 0 aliphatic heterocycles. The van der Waals surface area contributed by atoms with Gasteiger partial charge in [-0.05, 0) is 42.3 Å². The van der Waals surface area contributed by atoms with Crippen molar-refractivity contribution in [2.75, 3.05) is 0 Å². The van der Waals surface area contributed by atoms with E-state index in [0.29, 0.717) is 6.61 Å². The standard InChI is InChI=1S/C19H19N3O2/c1-15(23)19(11-12-20)22-21-13-16-7-9-18(10-8-16)24-14-17-5-3-2-4-6-17/h2-10,13,19,22H,11,14H2,1H3. The van der Waals surface area contributed by atoms with Crippen LogP contribution in [-0.4, -0.2) is 18.0 Å². The third kappa shape index (κ3) is 5.58. The maximum absolute atomic E-state index is 11.3. The van der Waals surface area contributed by atoms with Gasteiger partial charge in [0.25, 0.3) is 0 Å². The zero-order valence-electron chi connectivity index (χ0n) is 13.5. The van der Waals surface area contributed by atoms with E-state index >= 15 is 0 Å². The molecular formula is C19H19N3O2. The molecular weight excluding hydrogens is 302 g/mol. The molecule has 5 heteroatoms. The fraction of sp³-hybridized carbons (Fsp3) is 0.211. The van der Waals surface area contributed by atoms with Crippen LogP contribution in [0.5, 0.6) is 5.75 Å². The lowest BCUT2D eigenvalue weighted by atomic mass is 10.2. The van der Waals surface area contributed by atoms with Crippen LogP contribution in [0.3, 0.4) is 0 Å². The summed E-state index contributed by atoms with van der Waals surface area (Å²) in [5.74, 6) is 0.661. The summed E-state index contributed by atoms with van der Waals surface area (Å²) < 4.78 is 5.71. The van der Waals surface area contributed by atoms with Crippen LogP contribution in [0.1, 0.15) is 24.5 Å². The Morgan fingerprint density at radius 2 is 1.96 bits per heavy atom. The lowest BCUT2D eigenvalue weighted by Gasteiger charge is -2.08. The molecule has 0 bridgehead atoms.